The van der Waals surface area contributed by atoms with Gasteiger partial charge in [0.15, 0.2) is 0 Å². The minimum Gasteiger partial charge on any atom is -0.409 e. The number of nitrogens with two attached hydrogens (primary N) is 1. The first kappa shape index (κ1) is 12.8. The van der Waals surface area contributed by atoms with Crippen molar-refractivity contribution in [2.45, 2.75) is 32.3 Å². The summed E-state index contributed by atoms with van der Waals surface area (Å²) in [6, 6.07) is 0. The van der Waals surface area contributed by atoms with Crippen LogP contribution in [0.25, 0.3) is 0 Å². The Labute approximate surface area is 95.0 Å². The van der Waals surface area contributed by atoms with Crippen molar-refractivity contribution in [3.05, 3.63) is 0 Å². The highest BCUT2D eigenvalue weighted by Gasteiger charge is 2.21. The minimum absolute atomic E-state index is 0.0446. The zero-order valence-electron chi connectivity index (χ0n) is 9.56. The second kappa shape index (κ2) is 6.32. The monoisotopic (exact) mass is 229 g/mol. The molecule has 0 bridgehead atoms. The Kier molecular flexibility index (Phi) is 5.04. The maximum Gasteiger partial charge on any atom is 0.230 e. The number of hydrogen-bond acceptors (Lipinski definition) is 4. The summed E-state index contributed by atoms with van der Waals surface area (Å²) in [5, 5.41) is 11.2. The van der Waals surface area contributed by atoms with Crippen LogP contribution in [0.3, 0.4) is 0 Å². The number of amides is 1. The summed E-state index contributed by atoms with van der Waals surface area (Å²) in [5.74, 6) is -0.191. The molecule has 6 nitrogen and oxygen atoms in total. The van der Waals surface area contributed by atoms with E-state index in [1.807, 2.05) is 6.92 Å². The quantitative estimate of drug-likeness (QED) is 0.304. The number of carbonyl (C=O) groups is 1. The molecule has 92 valence electrons. The number of likely N-dealkylation sites (N-methyl/N-ethyl adjacent to an activating group) is 1. The van der Waals surface area contributed by atoms with Gasteiger partial charge in [0, 0.05) is 19.7 Å². The van der Waals surface area contributed by atoms with Crippen LogP contribution >= 0.6 is 0 Å². The van der Waals surface area contributed by atoms with Gasteiger partial charge in [0.2, 0.25) is 5.91 Å². The van der Waals surface area contributed by atoms with Crippen LogP contribution in [0.15, 0.2) is 5.16 Å². The van der Waals surface area contributed by atoms with E-state index in [0.29, 0.717) is 13.1 Å². The third-order valence-corrected chi connectivity index (χ3v) is 2.64. The summed E-state index contributed by atoms with van der Waals surface area (Å²) >= 11 is 0. The molecule has 1 atom stereocenters. The molecule has 6 heteroatoms. The maximum atomic E-state index is 11.7. The second-order valence-electron chi connectivity index (χ2n) is 3.84. The highest BCUT2D eigenvalue weighted by Crippen LogP contribution is 2.13. The largest absolute Gasteiger partial charge is 0.409 e. The molecule has 0 aromatic carbocycles. The molecule has 0 aromatic heterocycles. The predicted octanol–water partition coefficient (Wildman–Crippen LogP) is 0.150. The van der Waals surface area contributed by atoms with E-state index in [0.717, 1.165) is 19.4 Å². The van der Waals surface area contributed by atoms with Gasteiger partial charge < -0.3 is 20.6 Å². The molecule has 0 aromatic rings. The van der Waals surface area contributed by atoms with Crippen LogP contribution in [-0.4, -0.2) is 47.7 Å². The third-order valence-electron chi connectivity index (χ3n) is 2.64. The Morgan fingerprint density at radius 3 is 2.94 bits per heavy atom. The molecular formula is C10H19N3O3. The van der Waals surface area contributed by atoms with Crippen molar-refractivity contribution >= 4 is 11.7 Å². The molecule has 1 saturated heterocycles. The first-order valence-corrected chi connectivity index (χ1v) is 5.53. The van der Waals surface area contributed by atoms with Crippen molar-refractivity contribution in [3.63, 3.8) is 0 Å². The number of hydrogen-bond donors (Lipinski definition) is 2. The fourth-order valence-corrected chi connectivity index (χ4v) is 1.74. The number of rotatable bonds is 5. The average molecular weight is 229 g/mol. The molecule has 16 heavy (non-hydrogen) atoms. The van der Waals surface area contributed by atoms with E-state index >= 15 is 0 Å². The van der Waals surface area contributed by atoms with Gasteiger partial charge in [0.25, 0.3) is 0 Å². The Morgan fingerprint density at radius 1 is 1.69 bits per heavy atom. The molecule has 0 saturated carbocycles. The number of oxime groups is 1. The molecule has 1 heterocycles. The van der Waals surface area contributed by atoms with Gasteiger partial charge in [-0.15, -0.1) is 0 Å². The van der Waals surface area contributed by atoms with Crippen LogP contribution in [-0.2, 0) is 9.53 Å². The van der Waals surface area contributed by atoms with Gasteiger partial charge in [-0.25, -0.2) is 0 Å². The van der Waals surface area contributed by atoms with E-state index in [1.54, 1.807) is 4.90 Å². The molecule has 1 amide bonds. The maximum absolute atomic E-state index is 11.7. The lowest BCUT2D eigenvalue weighted by Crippen LogP contribution is -2.39. The van der Waals surface area contributed by atoms with Gasteiger partial charge in [-0.1, -0.05) is 5.16 Å². The summed E-state index contributed by atoms with van der Waals surface area (Å²) in [4.78, 5) is 13.4. The van der Waals surface area contributed by atoms with Crippen LogP contribution in [0.1, 0.15) is 26.2 Å². The summed E-state index contributed by atoms with van der Waals surface area (Å²) in [7, 11) is 0. The first-order chi connectivity index (χ1) is 7.67. The zero-order chi connectivity index (χ0) is 12.0. The van der Waals surface area contributed by atoms with Crippen molar-refractivity contribution < 1.29 is 14.7 Å². The summed E-state index contributed by atoms with van der Waals surface area (Å²) in [6.07, 6.45) is 2.14. The zero-order valence-corrected chi connectivity index (χ0v) is 9.56. The molecule has 1 fully saturated rings. The van der Waals surface area contributed by atoms with Crippen molar-refractivity contribution in [1.82, 2.24) is 4.90 Å². The molecule has 1 rings (SSSR count). The van der Waals surface area contributed by atoms with Crippen LogP contribution in [0.2, 0.25) is 0 Å². The highest BCUT2D eigenvalue weighted by molar-refractivity contribution is 5.98. The standard InChI is InChI=1S/C10H19N3O3/c1-2-13(7-8-4-3-5-16-8)10(14)6-9(11)12-15/h8,15H,2-7H2,1H3,(H2,11,12). The number of amidine groups is 1. The van der Waals surface area contributed by atoms with E-state index in [9.17, 15) is 4.79 Å². The van der Waals surface area contributed by atoms with E-state index in [1.165, 1.54) is 0 Å². The second-order valence-corrected chi connectivity index (χ2v) is 3.84. The lowest BCUT2D eigenvalue weighted by atomic mass is 10.2. The van der Waals surface area contributed by atoms with Crippen molar-refractivity contribution in [2.75, 3.05) is 19.7 Å². The van der Waals surface area contributed by atoms with Gasteiger partial charge in [0.1, 0.15) is 5.84 Å². The van der Waals surface area contributed by atoms with Crippen molar-refractivity contribution in [3.8, 4) is 0 Å². The van der Waals surface area contributed by atoms with Crippen molar-refractivity contribution in [1.29, 1.82) is 0 Å². The summed E-state index contributed by atoms with van der Waals surface area (Å²) < 4.78 is 5.46. The number of nitrogens with zero attached hydrogens (tertiary/aromatic N) is 2. The molecule has 1 aliphatic heterocycles. The average Bonchev–Trinajstić information content (AvgIpc) is 2.78. The Balaban J connectivity index is 2.42. The minimum atomic E-state index is -0.131. The van der Waals surface area contributed by atoms with Gasteiger partial charge in [-0.2, -0.15) is 0 Å². The van der Waals surface area contributed by atoms with Gasteiger partial charge in [-0.3, -0.25) is 4.79 Å². The number of carbonyl (C=O) groups excluding carboxylic acids is 1. The van der Waals surface area contributed by atoms with E-state index in [2.05, 4.69) is 5.16 Å². The van der Waals surface area contributed by atoms with Gasteiger partial charge >= 0.3 is 0 Å². The fraction of sp³-hybridized carbons (Fsp3) is 0.800. The predicted molar refractivity (Wildman–Crippen MR) is 59.3 cm³/mol. The molecule has 1 unspecified atom stereocenters. The fourth-order valence-electron chi connectivity index (χ4n) is 1.74. The Hall–Kier alpha value is -1.30. The summed E-state index contributed by atoms with van der Waals surface area (Å²) in [5.41, 5.74) is 5.30. The summed E-state index contributed by atoms with van der Waals surface area (Å²) in [6.45, 7) is 3.88. The van der Waals surface area contributed by atoms with Crippen LogP contribution < -0.4 is 5.73 Å². The number of ether oxygens (including phenoxy) is 1. The van der Waals surface area contributed by atoms with E-state index < -0.39 is 0 Å². The molecule has 3 N–H and O–H groups in total. The lowest BCUT2D eigenvalue weighted by Gasteiger charge is -2.23. The van der Waals surface area contributed by atoms with Gasteiger partial charge in [0.05, 0.1) is 12.5 Å². The lowest BCUT2D eigenvalue weighted by molar-refractivity contribution is -0.131. The topological polar surface area (TPSA) is 88.2 Å². The highest BCUT2D eigenvalue weighted by atomic mass is 16.5. The molecule has 0 spiro atoms. The molecule has 0 radical (unpaired) electrons. The Morgan fingerprint density at radius 2 is 2.44 bits per heavy atom. The van der Waals surface area contributed by atoms with E-state index in [4.69, 9.17) is 15.7 Å². The first-order valence-electron chi connectivity index (χ1n) is 5.53. The third kappa shape index (κ3) is 3.69. The van der Waals surface area contributed by atoms with E-state index in [-0.39, 0.29) is 24.3 Å². The SMILES string of the molecule is CCN(CC1CCCO1)C(=O)CC(N)=NO. The normalized spacial score (nSPS) is 21.1. The van der Waals surface area contributed by atoms with Gasteiger partial charge in [-0.05, 0) is 19.8 Å². The molecule has 0 aliphatic carbocycles. The molecule has 1 aliphatic rings. The van der Waals surface area contributed by atoms with Crippen LogP contribution in [0.4, 0.5) is 0 Å². The van der Waals surface area contributed by atoms with Crippen molar-refractivity contribution in [2.24, 2.45) is 10.9 Å². The molecular weight excluding hydrogens is 210 g/mol. The smallest absolute Gasteiger partial charge is 0.230 e. The van der Waals surface area contributed by atoms with Crippen LogP contribution in [0.5, 0.6) is 0 Å². The Bertz CT molecular complexity index is 262. The van der Waals surface area contributed by atoms with Crippen LogP contribution in [0, 0.1) is 0 Å².